The van der Waals surface area contributed by atoms with Gasteiger partial charge in [-0.25, -0.2) is 0 Å². The van der Waals surface area contributed by atoms with Gasteiger partial charge in [0.1, 0.15) is 0 Å². The molecule has 1 aliphatic rings. The van der Waals surface area contributed by atoms with Crippen molar-refractivity contribution in [3.05, 3.63) is 45.1 Å². The SMILES string of the molecule is CCC(=O)N1c2ccc(Br)cc2-c2nnc(SC)nc2OC1c1ccsc1. The summed E-state index contributed by atoms with van der Waals surface area (Å²) >= 11 is 6.46. The molecule has 2 aromatic heterocycles. The summed E-state index contributed by atoms with van der Waals surface area (Å²) < 4.78 is 7.15. The Bertz CT molecular complexity index is 997. The molecule has 0 N–H and O–H groups in total. The first-order valence-corrected chi connectivity index (χ1v) is 11.2. The van der Waals surface area contributed by atoms with E-state index in [2.05, 4.69) is 31.1 Å². The average Bonchev–Trinajstić information content (AvgIpc) is 3.18. The molecule has 0 bridgehead atoms. The van der Waals surface area contributed by atoms with Crippen LogP contribution in [0.3, 0.4) is 0 Å². The summed E-state index contributed by atoms with van der Waals surface area (Å²) in [7, 11) is 0. The molecular weight excluding hydrogens is 448 g/mol. The lowest BCUT2D eigenvalue weighted by molar-refractivity contribution is -0.120. The van der Waals surface area contributed by atoms with Crippen LogP contribution in [0.4, 0.5) is 5.69 Å². The summed E-state index contributed by atoms with van der Waals surface area (Å²) in [6.07, 6.45) is 1.62. The molecule has 0 fully saturated rings. The van der Waals surface area contributed by atoms with Gasteiger partial charge in [0.05, 0.1) is 5.69 Å². The van der Waals surface area contributed by atoms with E-state index in [0.29, 0.717) is 23.2 Å². The van der Waals surface area contributed by atoms with Crippen molar-refractivity contribution in [3.8, 4) is 17.1 Å². The van der Waals surface area contributed by atoms with Gasteiger partial charge in [-0.15, -0.1) is 10.2 Å². The van der Waals surface area contributed by atoms with Crippen LogP contribution in [0.2, 0.25) is 0 Å². The summed E-state index contributed by atoms with van der Waals surface area (Å²) in [6, 6.07) is 7.67. The number of ether oxygens (including phenoxy) is 1. The summed E-state index contributed by atoms with van der Waals surface area (Å²) in [5, 5.41) is 13.0. The second-order valence-corrected chi connectivity index (χ2v) is 8.23. The van der Waals surface area contributed by atoms with Crippen LogP contribution in [-0.4, -0.2) is 27.3 Å². The van der Waals surface area contributed by atoms with Gasteiger partial charge in [-0.3, -0.25) is 9.69 Å². The Morgan fingerprint density at radius 3 is 2.93 bits per heavy atom. The average molecular weight is 463 g/mol. The molecular formula is C18H15BrN4O2S2. The summed E-state index contributed by atoms with van der Waals surface area (Å²) in [4.78, 5) is 19.1. The minimum absolute atomic E-state index is 0.0411. The lowest BCUT2D eigenvalue weighted by Gasteiger charge is -2.30. The molecule has 1 amide bonds. The van der Waals surface area contributed by atoms with E-state index in [1.54, 1.807) is 16.2 Å². The van der Waals surface area contributed by atoms with Crippen LogP contribution in [0.1, 0.15) is 25.1 Å². The molecule has 6 nitrogen and oxygen atoms in total. The summed E-state index contributed by atoms with van der Waals surface area (Å²) in [6.45, 7) is 1.84. The molecule has 0 radical (unpaired) electrons. The number of anilines is 1. The van der Waals surface area contributed by atoms with Crippen molar-refractivity contribution in [2.45, 2.75) is 24.7 Å². The third-order valence-electron chi connectivity index (χ3n) is 4.15. The van der Waals surface area contributed by atoms with Gasteiger partial charge in [-0.1, -0.05) is 34.6 Å². The van der Waals surface area contributed by atoms with Crippen LogP contribution < -0.4 is 9.64 Å². The minimum Gasteiger partial charge on any atom is -0.447 e. The van der Waals surface area contributed by atoms with E-state index in [1.807, 2.05) is 48.2 Å². The molecule has 0 saturated heterocycles. The van der Waals surface area contributed by atoms with Crippen LogP contribution in [0.5, 0.6) is 5.88 Å². The number of amides is 1. The zero-order valence-electron chi connectivity index (χ0n) is 14.5. The number of aromatic nitrogens is 3. The molecule has 1 atom stereocenters. The normalized spacial score (nSPS) is 15.5. The Balaban J connectivity index is 2.00. The number of thioether (sulfide) groups is 1. The topological polar surface area (TPSA) is 68.2 Å². The van der Waals surface area contributed by atoms with Gasteiger partial charge in [0.15, 0.2) is 5.69 Å². The quantitative estimate of drug-likeness (QED) is 0.514. The van der Waals surface area contributed by atoms with E-state index in [4.69, 9.17) is 4.74 Å². The highest BCUT2D eigenvalue weighted by Gasteiger charge is 2.35. The van der Waals surface area contributed by atoms with E-state index >= 15 is 0 Å². The fourth-order valence-electron chi connectivity index (χ4n) is 2.90. The molecule has 0 spiro atoms. The lowest BCUT2D eigenvalue weighted by atomic mass is 10.1. The van der Waals surface area contributed by atoms with Crippen molar-refractivity contribution in [3.63, 3.8) is 0 Å². The molecule has 138 valence electrons. The molecule has 1 unspecified atom stereocenters. The zero-order valence-corrected chi connectivity index (χ0v) is 17.8. The van der Waals surface area contributed by atoms with E-state index in [9.17, 15) is 4.79 Å². The maximum atomic E-state index is 12.9. The maximum absolute atomic E-state index is 12.9. The van der Waals surface area contributed by atoms with E-state index in [0.717, 1.165) is 21.3 Å². The second kappa shape index (κ2) is 7.57. The van der Waals surface area contributed by atoms with E-state index < -0.39 is 6.23 Å². The molecule has 27 heavy (non-hydrogen) atoms. The number of thiophene rings is 1. The van der Waals surface area contributed by atoms with Gasteiger partial charge >= 0.3 is 0 Å². The van der Waals surface area contributed by atoms with Crippen molar-refractivity contribution in [1.29, 1.82) is 0 Å². The Hall–Kier alpha value is -1.97. The van der Waals surface area contributed by atoms with E-state index in [-0.39, 0.29) is 5.91 Å². The number of fused-ring (bicyclic) bond motifs is 3. The fourth-order valence-corrected chi connectivity index (χ4v) is 4.22. The number of nitrogens with zero attached hydrogens (tertiary/aromatic N) is 4. The van der Waals surface area contributed by atoms with Crippen molar-refractivity contribution in [1.82, 2.24) is 15.2 Å². The number of halogens is 1. The number of carbonyl (C=O) groups is 1. The highest BCUT2D eigenvalue weighted by molar-refractivity contribution is 9.10. The fraction of sp³-hybridized carbons (Fsp3) is 0.222. The number of hydrogen-bond acceptors (Lipinski definition) is 7. The predicted molar refractivity (Wildman–Crippen MR) is 110 cm³/mol. The first-order valence-electron chi connectivity index (χ1n) is 8.21. The molecule has 0 saturated carbocycles. The smallest absolute Gasteiger partial charge is 0.247 e. The monoisotopic (exact) mass is 462 g/mol. The molecule has 3 heterocycles. The number of carbonyl (C=O) groups excluding carboxylic acids is 1. The molecule has 1 aromatic carbocycles. The minimum atomic E-state index is -0.615. The molecule has 1 aliphatic heterocycles. The summed E-state index contributed by atoms with van der Waals surface area (Å²) in [5.41, 5.74) is 2.91. The van der Waals surface area contributed by atoms with Crippen LogP contribution >= 0.6 is 39.0 Å². The second-order valence-electron chi connectivity index (χ2n) is 5.76. The molecule has 4 rings (SSSR count). The van der Waals surface area contributed by atoms with Gasteiger partial charge < -0.3 is 4.74 Å². The molecule has 9 heteroatoms. The predicted octanol–water partition coefficient (Wildman–Crippen LogP) is 4.92. The van der Waals surface area contributed by atoms with Crippen molar-refractivity contribution in [2.24, 2.45) is 0 Å². The van der Waals surface area contributed by atoms with Crippen LogP contribution in [-0.2, 0) is 4.79 Å². The Morgan fingerprint density at radius 2 is 2.22 bits per heavy atom. The maximum Gasteiger partial charge on any atom is 0.247 e. The Labute approximate surface area is 173 Å². The lowest BCUT2D eigenvalue weighted by Crippen LogP contribution is -2.37. The zero-order chi connectivity index (χ0) is 19.0. The van der Waals surface area contributed by atoms with Gasteiger partial charge in [0.25, 0.3) is 0 Å². The highest BCUT2D eigenvalue weighted by atomic mass is 79.9. The van der Waals surface area contributed by atoms with Gasteiger partial charge in [0.2, 0.25) is 23.2 Å². The van der Waals surface area contributed by atoms with Crippen LogP contribution in [0, 0.1) is 0 Å². The highest BCUT2D eigenvalue weighted by Crippen LogP contribution is 2.44. The number of benzene rings is 1. The number of hydrogen-bond donors (Lipinski definition) is 0. The van der Waals surface area contributed by atoms with Crippen molar-refractivity contribution < 1.29 is 9.53 Å². The van der Waals surface area contributed by atoms with Gasteiger partial charge in [-0.2, -0.15) is 16.3 Å². The third kappa shape index (κ3) is 3.35. The van der Waals surface area contributed by atoms with Crippen molar-refractivity contribution >= 4 is 50.6 Å². The van der Waals surface area contributed by atoms with E-state index in [1.165, 1.54) is 11.8 Å². The van der Waals surface area contributed by atoms with Gasteiger partial charge in [0, 0.05) is 22.0 Å². The third-order valence-corrected chi connectivity index (χ3v) is 5.88. The Kier molecular flexibility index (Phi) is 5.16. The molecule has 3 aromatic rings. The Morgan fingerprint density at radius 1 is 1.37 bits per heavy atom. The van der Waals surface area contributed by atoms with Crippen LogP contribution in [0.15, 0.2) is 44.7 Å². The largest absolute Gasteiger partial charge is 0.447 e. The number of rotatable bonds is 3. The van der Waals surface area contributed by atoms with Crippen molar-refractivity contribution in [2.75, 3.05) is 11.2 Å². The standard InChI is InChI=1S/C18H15BrN4O2S2/c1-3-14(24)23-13-5-4-11(19)8-12(13)15-16(20-18(26-2)22-21-15)25-17(23)10-6-7-27-9-10/h4-9,17H,3H2,1-2H3. The summed E-state index contributed by atoms with van der Waals surface area (Å²) in [5.74, 6) is 0.330. The first kappa shape index (κ1) is 18.4. The van der Waals surface area contributed by atoms with Crippen LogP contribution in [0.25, 0.3) is 11.3 Å². The molecule has 0 aliphatic carbocycles. The first-order chi connectivity index (χ1) is 13.1. The van der Waals surface area contributed by atoms with Gasteiger partial charge in [-0.05, 0) is 41.3 Å².